The second-order valence-electron chi connectivity index (χ2n) is 8.65. The number of fused-ring (bicyclic) bond motifs is 1. The Morgan fingerprint density at radius 1 is 1.13 bits per heavy atom. The number of amides is 2. The van der Waals surface area contributed by atoms with Crippen LogP contribution in [0.25, 0.3) is 0 Å². The van der Waals surface area contributed by atoms with Crippen LogP contribution in [0.1, 0.15) is 45.0 Å². The van der Waals surface area contributed by atoms with E-state index in [2.05, 4.69) is 26.3 Å². The second kappa shape index (κ2) is 9.36. The molecule has 4 N–H and O–H groups in total. The Balaban J connectivity index is 1.75. The van der Waals surface area contributed by atoms with Crippen LogP contribution in [0.4, 0.5) is 5.69 Å². The third kappa shape index (κ3) is 5.53. The standard InChI is InChI=1S/C23H29N5O3/c1-14(25-13-18(29)23(2,3)4)21(30)28-20-22(31)26-16-10-6-5-9-15(16)19(27-20)17-11-7-8-12-24-17/h5-12,14,19-20,25,27H,13H2,1-4H3,(H,26,31)(H,28,30). The molecule has 164 valence electrons. The number of aromatic nitrogens is 1. The summed E-state index contributed by atoms with van der Waals surface area (Å²) in [5, 5.41) is 11.8. The Bertz CT molecular complexity index is 955. The van der Waals surface area contributed by atoms with Gasteiger partial charge in [-0.05, 0) is 30.7 Å². The number of anilines is 1. The number of rotatable bonds is 6. The molecule has 2 heterocycles. The van der Waals surface area contributed by atoms with Crippen molar-refractivity contribution in [2.45, 2.75) is 45.9 Å². The van der Waals surface area contributed by atoms with Crippen LogP contribution in [-0.2, 0) is 14.4 Å². The minimum atomic E-state index is -0.977. The summed E-state index contributed by atoms with van der Waals surface area (Å²) in [5.41, 5.74) is 1.75. The Kier molecular flexibility index (Phi) is 6.82. The highest BCUT2D eigenvalue weighted by Crippen LogP contribution is 2.29. The molecule has 0 saturated heterocycles. The molecule has 1 aliphatic heterocycles. The van der Waals surface area contributed by atoms with Gasteiger partial charge < -0.3 is 10.6 Å². The maximum absolute atomic E-state index is 12.8. The molecule has 8 nitrogen and oxygen atoms in total. The van der Waals surface area contributed by atoms with Crippen molar-refractivity contribution in [3.63, 3.8) is 0 Å². The number of nitrogens with one attached hydrogen (secondary N) is 4. The van der Waals surface area contributed by atoms with Crippen molar-refractivity contribution >= 4 is 23.3 Å². The molecule has 1 aliphatic rings. The molecular weight excluding hydrogens is 394 g/mol. The fourth-order valence-corrected chi connectivity index (χ4v) is 3.17. The summed E-state index contributed by atoms with van der Waals surface area (Å²) in [5.74, 6) is -0.763. The zero-order valence-corrected chi connectivity index (χ0v) is 18.2. The van der Waals surface area contributed by atoms with Crippen molar-refractivity contribution in [2.24, 2.45) is 5.41 Å². The smallest absolute Gasteiger partial charge is 0.262 e. The summed E-state index contributed by atoms with van der Waals surface area (Å²) in [4.78, 5) is 42.1. The van der Waals surface area contributed by atoms with Gasteiger partial charge in [0, 0.05) is 17.3 Å². The van der Waals surface area contributed by atoms with Gasteiger partial charge in [0.2, 0.25) is 5.91 Å². The molecule has 3 atom stereocenters. The van der Waals surface area contributed by atoms with E-state index in [0.717, 1.165) is 11.3 Å². The van der Waals surface area contributed by atoms with Crippen molar-refractivity contribution < 1.29 is 14.4 Å². The average Bonchev–Trinajstić information content (AvgIpc) is 2.88. The first-order valence-electron chi connectivity index (χ1n) is 10.3. The van der Waals surface area contributed by atoms with E-state index in [1.807, 2.05) is 63.2 Å². The first-order chi connectivity index (χ1) is 14.7. The number of carbonyl (C=O) groups excluding carboxylic acids is 3. The Labute approximate surface area is 182 Å². The van der Waals surface area contributed by atoms with Crippen LogP contribution in [0.2, 0.25) is 0 Å². The van der Waals surface area contributed by atoms with E-state index in [-0.39, 0.29) is 24.1 Å². The molecular formula is C23H29N5O3. The maximum Gasteiger partial charge on any atom is 0.262 e. The summed E-state index contributed by atoms with van der Waals surface area (Å²) in [6, 6.07) is 12.0. The normalized spacial score (nSPS) is 19.5. The maximum atomic E-state index is 12.8. The molecule has 31 heavy (non-hydrogen) atoms. The molecule has 0 spiro atoms. The van der Waals surface area contributed by atoms with Crippen LogP contribution in [0.5, 0.6) is 0 Å². The first-order valence-corrected chi connectivity index (χ1v) is 10.3. The molecule has 8 heteroatoms. The summed E-state index contributed by atoms with van der Waals surface area (Å²) < 4.78 is 0. The topological polar surface area (TPSA) is 112 Å². The Hall–Kier alpha value is -3.10. The van der Waals surface area contributed by atoms with Gasteiger partial charge in [-0.3, -0.25) is 30.0 Å². The number of hydrogen-bond donors (Lipinski definition) is 4. The second-order valence-corrected chi connectivity index (χ2v) is 8.65. The molecule has 2 aromatic rings. The van der Waals surface area contributed by atoms with E-state index in [0.29, 0.717) is 5.69 Å². The number of Topliss-reactive ketones (excluding diaryl/α,β-unsaturated/α-hetero) is 1. The van der Waals surface area contributed by atoms with E-state index < -0.39 is 23.7 Å². The number of benzene rings is 1. The summed E-state index contributed by atoms with van der Waals surface area (Å²) in [6.45, 7) is 7.22. The predicted octanol–water partition coefficient (Wildman–Crippen LogP) is 1.75. The van der Waals surface area contributed by atoms with Crippen LogP contribution in [0.15, 0.2) is 48.7 Å². The van der Waals surface area contributed by atoms with Crippen molar-refractivity contribution in [3.8, 4) is 0 Å². The van der Waals surface area contributed by atoms with Gasteiger partial charge in [-0.25, -0.2) is 0 Å². The van der Waals surface area contributed by atoms with E-state index in [1.165, 1.54) is 0 Å². The molecule has 0 saturated carbocycles. The zero-order valence-electron chi connectivity index (χ0n) is 18.2. The largest absolute Gasteiger partial charge is 0.331 e. The van der Waals surface area contributed by atoms with Gasteiger partial charge in [0.15, 0.2) is 11.9 Å². The monoisotopic (exact) mass is 423 g/mol. The van der Waals surface area contributed by atoms with Crippen molar-refractivity contribution in [3.05, 3.63) is 59.9 Å². The molecule has 0 bridgehead atoms. The van der Waals surface area contributed by atoms with Gasteiger partial charge in [-0.15, -0.1) is 0 Å². The molecule has 0 aliphatic carbocycles. The van der Waals surface area contributed by atoms with E-state index in [9.17, 15) is 14.4 Å². The number of hydrogen-bond acceptors (Lipinski definition) is 6. The third-order valence-electron chi connectivity index (χ3n) is 5.19. The molecule has 2 amide bonds. The van der Waals surface area contributed by atoms with Crippen molar-refractivity contribution in [2.75, 3.05) is 11.9 Å². The van der Waals surface area contributed by atoms with Crippen LogP contribution in [0, 0.1) is 5.41 Å². The minimum Gasteiger partial charge on any atom is -0.331 e. The molecule has 3 rings (SSSR count). The molecule has 3 unspecified atom stereocenters. The highest BCUT2D eigenvalue weighted by Gasteiger charge is 2.32. The highest BCUT2D eigenvalue weighted by atomic mass is 16.2. The number of nitrogens with zero attached hydrogens (tertiary/aromatic N) is 1. The van der Waals surface area contributed by atoms with Gasteiger partial charge in [0.05, 0.1) is 24.3 Å². The number of carbonyl (C=O) groups is 3. The van der Waals surface area contributed by atoms with Crippen LogP contribution >= 0.6 is 0 Å². The fourth-order valence-electron chi connectivity index (χ4n) is 3.17. The predicted molar refractivity (Wildman–Crippen MR) is 118 cm³/mol. The Morgan fingerprint density at radius 2 is 1.84 bits per heavy atom. The first kappa shape index (κ1) is 22.6. The molecule has 1 aromatic carbocycles. The van der Waals surface area contributed by atoms with Crippen LogP contribution < -0.4 is 21.3 Å². The lowest BCUT2D eigenvalue weighted by Crippen LogP contribution is -2.57. The minimum absolute atomic E-state index is 0.00292. The van der Waals surface area contributed by atoms with Gasteiger partial charge >= 0.3 is 0 Å². The summed E-state index contributed by atoms with van der Waals surface area (Å²) >= 11 is 0. The van der Waals surface area contributed by atoms with Gasteiger partial charge in [0.25, 0.3) is 5.91 Å². The SMILES string of the molecule is CC(NCC(=O)C(C)(C)C)C(=O)NC1NC(c2ccccn2)c2ccccc2NC1=O. The van der Waals surface area contributed by atoms with Crippen LogP contribution in [-0.4, -0.2) is 41.3 Å². The van der Waals surface area contributed by atoms with Crippen molar-refractivity contribution in [1.82, 2.24) is 20.9 Å². The van der Waals surface area contributed by atoms with Gasteiger partial charge in [0.1, 0.15) is 0 Å². The molecule has 1 aromatic heterocycles. The van der Waals surface area contributed by atoms with Gasteiger partial charge in [-0.2, -0.15) is 0 Å². The van der Waals surface area contributed by atoms with E-state index >= 15 is 0 Å². The number of para-hydroxylation sites is 1. The number of pyridine rings is 1. The highest BCUT2D eigenvalue weighted by molar-refractivity contribution is 5.99. The summed E-state index contributed by atoms with van der Waals surface area (Å²) in [7, 11) is 0. The molecule has 0 radical (unpaired) electrons. The number of ketones is 1. The lowest BCUT2D eigenvalue weighted by Gasteiger charge is -2.24. The van der Waals surface area contributed by atoms with E-state index in [1.54, 1.807) is 13.1 Å². The Morgan fingerprint density at radius 3 is 2.52 bits per heavy atom. The van der Waals surface area contributed by atoms with E-state index in [4.69, 9.17) is 0 Å². The molecule has 0 fully saturated rings. The van der Waals surface area contributed by atoms with Gasteiger partial charge in [-0.1, -0.05) is 45.0 Å². The quantitative estimate of drug-likeness (QED) is 0.563. The lowest BCUT2D eigenvalue weighted by molar-refractivity contribution is -0.129. The fraction of sp³-hybridized carbons (Fsp3) is 0.391. The summed E-state index contributed by atoms with van der Waals surface area (Å²) in [6.07, 6.45) is 0.709. The average molecular weight is 424 g/mol. The lowest BCUT2D eigenvalue weighted by atomic mass is 9.91. The third-order valence-corrected chi connectivity index (χ3v) is 5.19. The zero-order chi connectivity index (χ0) is 22.6. The van der Waals surface area contributed by atoms with Crippen molar-refractivity contribution in [1.29, 1.82) is 0 Å². The van der Waals surface area contributed by atoms with Crippen LogP contribution in [0.3, 0.4) is 0 Å².